The van der Waals surface area contributed by atoms with Crippen molar-refractivity contribution in [1.82, 2.24) is 15.0 Å². The van der Waals surface area contributed by atoms with Gasteiger partial charge in [0.1, 0.15) is 16.8 Å². The Morgan fingerprint density at radius 2 is 2.33 bits per heavy atom. The average molecular weight is 268 g/mol. The maximum atomic E-state index is 10.6. The zero-order valence-corrected chi connectivity index (χ0v) is 10.0. The number of nitrogens with zero attached hydrogens (tertiary/aromatic N) is 3. The molecule has 18 heavy (non-hydrogen) atoms. The van der Waals surface area contributed by atoms with E-state index in [4.69, 9.17) is 11.6 Å². The first kappa shape index (κ1) is 12.3. The second kappa shape index (κ2) is 5.46. The minimum atomic E-state index is -0.509. The smallest absolute Gasteiger partial charge is 0.276 e. The van der Waals surface area contributed by atoms with Crippen LogP contribution in [0.15, 0.2) is 24.5 Å². The lowest BCUT2D eigenvalue weighted by atomic mass is 10.3. The van der Waals surface area contributed by atoms with Crippen molar-refractivity contribution in [3.8, 4) is 0 Å². The molecule has 2 aromatic rings. The molecule has 7 nitrogen and oxygen atoms in total. The average Bonchev–Trinajstić information content (AvgIpc) is 2.81. The van der Waals surface area contributed by atoms with Gasteiger partial charge in [0.15, 0.2) is 0 Å². The summed E-state index contributed by atoms with van der Waals surface area (Å²) in [5, 5.41) is 13.7. The number of H-pyrrole nitrogens is 1. The van der Waals surface area contributed by atoms with E-state index in [2.05, 4.69) is 20.3 Å². The van der Waals surface area contributed by atoms with Crippen molar-refractivity contribution >= 4 is 23.1 Å². The Morgan fingerprint density at radius 3 is 3.00 bits per heavy atom. The first-order valence-electron chi connectivity index (χ1n) is 5.19. The van der Waals surface area contributed by atoms with Crippen LogP contribution in [-0.2, 0) is 6.42 Å². The lowest BCUT2D eigenvalue weighted by molar-refractivity contribution is -0.384. The van der Waals surface area contributed by atoms with Crippen LogP contribution in [0.3, 0.4) is 0 Å². The molecule has 0 saturated heterocycles. The molecule has 0 unspecified atom stereocenters. The van der Waals surface area contributed by atoms with Gasteiger partial charge in [0.05, 0.1) is 17.1 Å². The van der Waals surface area contributed by atoms with Gasteiger partial charge in [-0.3, -0.25) is 10.1 Å². The van der Waals surface area contributed by atoms with Crippen molar-refractivity contribution in [3.63, 3.8) is 0 Å². The molecule has 2 N–H and O–H groups in total. The summed E-state index contributed by atoms with van der Waals surface area (Å²) in [4.78, 5) is 21.1. The molecule has 2 heterocycles. The molecule has 0 saturated carbocycles. The normalized spacial score (nSPS) is 10.3. The molecule has 94 valence electrons. The highest BCUT2D eigenvalue weighted by molar-refractivity contribution is 6.29. The van der Waals surface area contributed by atoms with Crippen LogP contribution in [0.1, 0.15) is 5.82 Å². The summed E-state index contributed by atoms with van der Waals surface area (Å²) in [6.07, 6.45) is 4.06. The van der Waals surface area contributed by atoms with Gasteiger partial charge in [0.25, 0.3) is 5.69 Å². The van der Waals surface area contributed by atoms with Crippen LogP contribution in [-0.4, -0.2) is 26.4 Å². The van der Waals surface area contributed by atoms with Crippen LogP contribution in [0.2, 0.25) is 5.15 Å². The van der Waals surface area contributed by atoms with Crippen molar-refractivity contribution in [3.05, 3.63) is 45.6 Å². The minimum Gasteiger partial charge on any atom is -0.369 e. The number of nitrogens with one attached hydrogen (secondary N) is 2. The lowest BCUT2D eigenvalue weighted by Crippen LogP contribution is -2.07. The van der Waals surface area contributed by atoms with Gasteiger partial charge in [-0.1, -0.05) is 11.6 Å². The number of aromatic amines is 1. The molecule has 2 aromatic heterocycles. The standard InChI is InChI=1S/C10H10ClN5O2/c11-8-5-7(16(17)18)6-10(15-8)12-2-1-9-13-3-4-14-9/h3-6H,1-2H2,(H,12,15)(H,13,14). The fourth-order valence-electron chi connectivity index (χ4n) is 1.42. The van der Waals surface area contributed by atoms with Gasteiger partial charge in [-0.05, 0) is 0 Å². The topological polar surface area (TPSA) is 96.7 Å². The van der Waals surface area contributed by atoms with E-state index in [-0.39, 0.29) is 10.8 Å². The molecule has 0 fully saturated rings. The van der Waals surface area contributed by atoms with Gasteiger partial charge in [0.2, 0.25) is 0 Å². The van der Waals surface area contributed by atoms with Crippen LogP contribution in [0.4, 0.5) is 11.5 Å². The van der Waals surface area contributed by atoms with Gasteiger partial charge in [-0.15, -0.1) is 0 Å². The molecule has 8 heteroatoms. The van der Waals surface area contributed by atoms with Crippen LogP contribution in [0.25, 0.3) is 0 Å². The fraction of sp³-hybridized carbons (Fsp3) is 0.200. The third-order valence-electron chi connectivity index (χ3n) is 2.21. The number of anilines is 1. The Balaban J connectivity index is 1.98. The largest absolute Gasteiger partial charge is 0.369 e. The Kier molecular flexibility index (Phi) is 3.73. The summed E-state index contributed by atoms with van der Waals surface area (Å²) in [6, 6.07) is 2.55. The van der Waals surface area contributed by atoms with E-state index in [1.54, 1.807) is 12.4 Å². The predicted octanol–water partition coefficient (Wildman–Crippen LogP) is 2.02. The highest BCUT2D eigenvalue weighted by atomic mass is 35.5. The van der Waals surface area contributed by atoms with E-state index in [1.165, 1.54) is 12.1 Å². The summed E-state index contributed by atoms with van der Waals surface area (Å²) in [7, 11) is 0. The van der Waals surface area contributed by atoms with E-state index in [9.17, 15) is 10.1 Å². The highest BCUT2D eigenvalue weighted by Crippen LogP contribution is 2.20. The summed E-state index contributed by atoms with van der Waals surface area (Å²) >= 11 is 5.70. The minimum absolute atomic E-state index is 0.0875. The summed E-state index contributed by atoms with van der Waals surface area (Å²) in [5.74, 6) is 1.21. The number of hydrogen-bond acceptors (Lipinski definition) is 5. The van der Waals surface area contributed by atoms with E-state index < -0.39 is 4.92 Å². The maximum Gasteiger partial charge on any atom is 0.276 e. The van der Waals surface area contributed by atoms with E-state index in [1.807, 2.05) is 0 Å². The predicted molar refractivity (Wildman–Crippen MR) is 66.7 cm³/mol. The Morgan fingerprint density at radius 1 is 1.50 bits per heavy atom. The molecule has 0 spiro atoms. The van der Waals surface area contributed by atoms with Crippen LogP contribution in [0.5, 0.6) is 0 Å². The first-order valence-corrected chi connectivity index (χ1v) is 5.57. The number of hydrogen-bond donors (Lipinski definition) is 2. The number of nitro groups is 1. The molecular formula is C10H10ClN5O2. The number of pyridine rings is 1. The van der Waals surface area contributed by atoms with Gasteiger partial charge < -0.3 is 10.3 Å². The van der Waals surface area contributed by atoms with Crippen molar-refractivity contribution in [2.24, 2.45) is 0 Å². The molecule has 0 aliphatic rings. The molecular weight excluding hydrogens is 258 g/mol. The molecule has 0 bridgehead atoms. The molecule has 2 rings (SSSR count). The summed E-state index contributed by atoms with van der Waals surface area (Å²) < 4.78 is 0. The Labute approximate surface area is 107 Å². The van der Waals surface area contributed by atoms with Crippen LogP contribution < -0.4 is 5.32 Å². The zero-order valence-electron chi connectivity index (χ0n) is 9.26. The van der Waals surface area contributed by atoms with E-state index >= 15 is 0 Å². The van der Waals surface area contributed by atoms with Gasteiger partial charge >= 0.3 is 0 Å². The quantitative estimate of drug-likeness (QED) is 0.491. The maximum absolute atomic E-state index is 10.6. The van der Waals surface area contributed by atoms with Crippen molar-refractivity contribution in [2.45, 2.75) is 6.42 Å². The number of aromatic nitrogens is 3. The van der Waals surface area contributed by atoms with Crippen LogP contribution >= 0.6 is 11.6 Å². The number of rotatable bonds is 5. The van der Waals surface area contributed by atoms with Crippen molar-refractivity contribution < 1.29 is 4.92 Å². The fourth-order valence-corrected chi connectivity index (χ4v) is 1.63. The SMILES string of the molecule is O=[N+]([O-])c1cc(Cl)nc(NCCc2ncc[nH]2)c1. The van der Waals surface area contributed by atoms with Gasteiger partial charge in [0, 0.05) is 25.4 Å². The lowest BCUT2D eigenvalue weighted by Gasteiger charge is -2.04. The van der Waals surface area contributed by atoms with Gasteiger partial charge in [-0.25, -0.2) is 9.97 Å². The van der Waals surface area contributed by atoms with Gasteiger partial charge in [-0.2, -0.15) is 0 Å². The van der Waals surface area contributed by atoms with E-state index in [0.717, 1.165) is 5.82 Å². The highest BCUT2D eigenvalue weighted by Gasteiger charge is 2.09. The molecule has 0 aliphatic carbocycles. The zero-order chi connectivity index (χ0) is 13.0. The first-order chi connectivity index (χ1) is 8.65. The van der Waals surface area contributed by atoms with Crippen molar-refractivity contribution in [2.75, 3.05) is 11.9 Å². The molecule has 0 amide bonds. The summed E-state index contributed by atoms with van der Waals surface area (Å²) in [6.45, 7) is 0.554. The number of halogens is 1. The molecule has 0 atom stereocenters. The van der Waals surface area contributed by atoms with Crippen molar-refractivity contribution in [1.29, 1.82) is 0 Å². The van der Waals surface area contributed by atoms with Crippen LogP contribution in [0, 0.1) is 10.1 Å². The second-order valence-electron chi connectivity index (χ2n) is 3.50. The Hall–Kier alpha value is -2.15. The number of imidazole rings is 1. The molecule has 0 radical (unpaired) electrons. The molecule has 0 aliphatic heterocycles. The molecule has 0 aromatic carbocycles. The second-order valence-corrected chi connectivity index (χ2v) is 3.89. The monoisotopic (exact) mass is 267 g/mol. The third-order valence-corrected chi connectivity index (χ3v) is 2.41. The third kappa shape index (κ3) is 3.17. The Bertz CT molecular complexity index is 543. The summed E-state index contributed by atoms with van der Waals surface area (Å²) in [5.41, 5.74) is -0.0875. The van der Waals surface area contributed by atoms with E-state index in [0.29, 0.717) is 18.8 Å².